The number of hydrogen-bond donors (Lipinski definition) is 2. The maximum absolute atomic E-state index is 12.3. The van der Waals surface area contributed by atoms with Crippen LogP contribution in [0.1, 0.15) is 12.8 Å². The van der Waals surface area contributed by atoms with Gasteiger partial charge in [0.2, 0.25) is 0 Å². The van der Waals surface area contributed by atoms with Crippen LogP contribution in [0.15, 0.2) is 0 Å². The number of carboxylic acid groups (broad SMARTS) is 1. The van der Waals surface area contributed by atoms with E-state index in [0.717, 1.165) is 0 Å². The van der Waals surface area contributed by atoms with Crippen molar-refractivity contribution >= 4 is 5.97 Å². The molecule has 62 valence electrons. The highest BCUT2D eigenvalue weighted by Crippen LogP contribution is 2.54. The molecule has 2 aliphatic heterocycles. The van der Waals surface area contributed by atoms with E-state index in [9.17, 15) is 9.18 Å². The predicted octanol–water partition coefficient (Wildman–Crippen LogP) is 0.163. The smallest absolute Gasteiger partial charge is 0.311 e. The van der Waals surface area contributed by atoms with Gasteiger partial charge in [-0.25, -0.2) is 4.39 Å². The van der Waals surface area contributed by atoms with Crippen molar-refractivity contribution in [2.75, 3.05) is 13.2 Å². The first-order valence-electron chi connectivity index (χ1n) is 3.67. The molecule has 2 saturated heterocycles. The van der Waals surface area contributed by atoms with E-state index in [-0.39, 0.29) is 0 Å². The van der Waals surface area contributed by atoms with Crippen molar-refractivity contribution in [3.8, 4) is 0 Å². The maximum Gasteiger partial charge on any atom is 0.311 e. The van der Waals surface area contributed by atoms with Gasteiger partial charge in [0.05, 0.1) is 5.41 Å². The molecular weight excluding hydrogens is 149 g/mol. The van der Waals surface area contributed by atoms with Crippen LogP contribution in [-0.4, -0.2) is 29.8 Å². The molecule has 2 heterocycles. The summed E-state index contributed by atoms with van der Waals surface area (Å²) in [6, 6.07) is 0. The summed E-state index contributed by atoms with van der Waals surface area (Å²) in [4.78, 5) is 10.7. The first-order chi connectivity index (χ1) is 5.13. The third-order valence-electron chi connectivity index (χ3n) is 2.86. The summed E-state index contributed by atoms with van der Waals surface area (Å²) in [5.41, 5.74) is -1.11. The Morgan fingerprint density at radius 2 is 2.27 bits per heavy atom. The van der Waals surface area contributed by atoms with Crippen LogP contribution in [0.5, 0.6) is 0 Å². The standard InChI is InChI=1S/C7H10FNO2/c8-3-7-1-6(2-7,4-9-7)5(10)11/h9H,1-4H2,(H,10,11). The lowest BCUT2D eigenvalue weighted by atomic mass is 9.62. The molecule has 0 atom stereocenters. The van der Waals surface area contributed by atoms with Crippen molar-refractivity contribution in [2.45, 2.75) is 18.4 Å². The summed E-state index contributed by atoms with van der Waals surface area (Å²) in [6.45, 7) is -0.00567. The van der Waals surface area contributed by atoms with E-state index in [2.05, 4.69) is 5.32 Å². The molecule has 1 aliphatic carbocycles. The summed E-state index contributed by atoms with van der Waals surface area (Å²) >= 11 is 0. The van der Waals surface area contributed by atoms with Crippen molar-refractivity contribution in [1.82, 2.24) is 5.32 Å². The fourth-order valence-corrected chi connectivity index (χ4v) is 2.22. The second kappa shape index (κ2) is 1.75. The van der Waals surface area contributed by atoms with Gasteiger partial charge in [-0.3, -0.25) is 4.79 Å². The minimum atomic E-state index is -0.786. The number of fused-ring (bicyclic) bond motifs is 1. The highest BCUT2D eigenvalue weighted by Gasteiger charge is 2.64. The number of carbonyl (C=O) groups is 1. The van der Waals surface area contributed by atoms with Gasteiger partial charge in [0.25, 0.3) is 0 Å². The first-order valence-corrected chi connectivity index (χ1v) is 3.67. The number of nitrogens with one attached hydrogen (secondary N) is 1. The van der Waals surface area contributed by atoms with E-state index in [1.807, 2.05) is 0 Å². The van der Waals surface area contributed by atoms with Crippen molar-refractivity contribution in [3.05, 3.63) is 0 Å². The molecule has 3 aliphatic rings. The van der Waals surface area contributed by atoms with Crippen molar-refractivity contribution < 1.29 is 14.3 Å². The normalized spacial score (nSPS) is 47.0. The predicted molar refractivity (Wildman–Crippen MR) is 36.0 cm³/mol. The van der Waals surface area contributed by atoms with Crippen LogP contribution in [0, 0.1) is 5.41 Å². The monoisotopic (exact) mass is 159 g/mol. The molecule has 3 rings (SSSR count). The summed E-state index contributed by atoms with van der Waals surface area (Å²) in [6.07, 6.45) is 0.928. The number of halogens is 1. The molecule has 0 aromatic heterocycles. The van der Waals surface area contributed by atoms with Crippen LogP contribution in [0.3, 0.4) is 0 Å². The zero-order valence-electron chi connectivity index (χ0n) is 6.06. The molecule has 0 unspecified atom stereocenters. The third-order valence-corrected chi connectivity index (χ3v) is 2.86. The fraction of sp³-hybridized carbons (Fsp3) is 0.857. The molecule has 3 nitrogen and oxygen atoms in total. The minimum absolute atomic E-state index is 0.437. The molecule has 4 heteroatoms. The average molecular weight is 159 g/mol. The van der Waals surface area contributed by atoms with Gasteiger partial charge in [0, 0.05) is 12.1 Å². The number of hydrogen-bond acceptors (Lipinski definition) is 2. The van der Waals surface area contributed by atoms with Gasteiger partial charge in [0.1, 0.15) is 6.67 Å². The first kappa shape index (κ1) is 7.03. The Kier molecular flexibility index (Phi) is 1.12. The molecule has 3 fully saturated rings. The Labute approximate surface area is 63.6 Å². The van der Waals surface area contributed by atoms with E-state index >= 15 is 0 Å². The van der Waals surface area contributed by atoms with Crippen LogP contribution in [0.4, 0.5) is 4.39 Å². The number of carboxylic acids is 1. The van der Waals surface area contributed by atoms with Crippen molar-refractivity contribution in [3.63, 3.8) is 0 Å². The Morgan fingerprint density at radius 1 is 1.64 bits per heavy atom. The number of alkyl halides is 1. The quantitative estimate of drug-likeness (QED) is 0.603. The highest BCUT2D eigenvalue weighted by molar-refractivity contribution is 5.78. The molecule has 11 heavy (non-hydrogen) atoms. The van der Waals surface area contributed by atoms with Gasteiger partial charge in [-0.15, -0.1) is 0 Å². The Hall–Kier alpha value is -0.640. The van der Waals surface area contributed by atoms with Crippen LogP contribution in [0.2, 0.25) is 0 Å². The molecule has 0 aromatic rings. The second-order valence-electron chi connectivity index (χ2n) is 3.71. The van der Waals surface area contributed by atoms with Crippen LogP contribution in [-0.2, 0) is 4.79 Å². The summed E-state index contributed by atoms with van der Waals surface area (Å²) in [5, 5.41) is 11.7. The van der Waals surface area contributed by atoms with E-state index in [0.29, 0.717) is 19.4 Å². The van der Waals surface area contributed by atoms with Gasteiger partial charge < -0.3 is 10.4 Å². The molecule has 0 aromatic carbocycles. The third kappa shape index (κ3) is 0.677. The van der Waals surface area contributed by atoms with Gasteiger partial charge >= 0.3 is 5.97 Å². The van der Waals surface area contributed by atoms with Gasteiger partial charge in [-0.1, -0.05) is 0 Å². The number of rotatable bonds is 2. The number of aliphatic carboxylic acids is 1. The van der Waals surface area contributed by atoms with Gasteiger partial charge in [0.15, 0.2) is 0 Å². The average Bonchev–Trinajstić information content (AvgIpc) is 2.39. The zero-order chi connectivity index (χ0) is 8.11. The van der Waals surface area contributed by atoms with E-state index in [1.165, 1.54) is 0 Å². The second-order valence-corrected chi connectivity index (χ2v) is 3.71. The Morgan fingerprint density at radius 3 is 2.55 bits per heavy atom. The van der Waals surface area contributed by atoms with Crippen molar-refractivity contribution in [2.24, 2.45) is 5.41 Å². The lowest BCUT2D eigenvalue weighted by molar-refractivity contribution is -0.153. The molecule has 2 N–H and O–H groups in total. The lowest BCUT2D eigenvalue weighted by Crippen LogP contribution is -2.52. The molecule has 0 spiro atoms. The largest absolute Gasteiger partial charge is 0.481 e. The van der Waals surface area contributed by atoms with E-state index in [1.54, 1.807) is 0 Å². The van der Waals surface area contributed by atoms with Crippen LogP contribution in [0.25, 0.3) is 0 Å². The van der Waals surface area contributed by atoms with Crippen LogP contribution < -0.4 is 5.32 Å². The SMILES string of the molecule is O=C(O)C12CNC(CF)(C1)C2. The highest BCUT2D eigenvalue weighted by atomic mass is 19.1. The Bertz CT molecular complexity index is 210. The zero-order valence-corrected chi connectivity index (χ0v) is 6.06. The maximum atomic E-state index is 12.3. The molecule has 1 saturated carbocycles. The topological polar surface area (TPSA) is 49.3 Å². The van der Waals surface area contributed by atoms with Crippen molar-refractivity contribution in [1.29, 1.82) is 0 Å². The van der Waals surface area contributed by atoms with Crippen LogP contribution >= 0.6 is 0 Å². The summed E-state index contributed by atoms with van der Waals surface area (Å²) in [5.74, 6) is -0.786. The molecule has 0 radical (unpaired) electrons. The van der Waals surface area contributed by atoms with E-state index < -0.39 is 23.6 Å². The molecule has 0 amide bonds. The van der Waals surface area contributed by atoms with Gasteiger partial charge in [-0.05, 0) is 12.8 Å². The summed E-state index contributed by atoms with van der Waals surface area (Å²) < 4.78 is 12.3. The van der Waals surface area contributed by atoms with E-state index in [4.69, 9.17) is 5.11 Å². The molecule has 2 bridgehead atoms. The minimum Gasteiger partial charge on any atom is -0.481 e. The summed E-state index contributed by atoms with van der Waals surface area (Å²) in [7, 11) is 0. The lowest BCUT2D eigenvalue weighted by Gasteiger charge is -2.41. The Balaban J connectivity index is 2.14. The molecular formula is C7H10FNO2. The van der Waals surface area contributed by atoms with Gasteiger partial charge in [-0.2, -0.15) is 0 Å². The fourth-order valence-electron chi connectivity index (χ4n) is 2.22.